The van der Waals surface area contributed by atoms with Crippen LogP contribution in [0.4, 0.5) is 0 Å². The SMILES string of the molecule is Cc1nnc(C(CC(C)C)NS(=O)(=O)c2cccs2)o1. The third-order valence-electron chi connectivity index (χ3n) is 2.60. The molecule has 6 nitrogen and oxygen atoms in total. The Morgan fingerprint density at radius 2 is 2.15 bits per heavy atom. The summed E-state index contributed by atoms with van der Waals surface area (Å²) in [5, 5.41) is 9.41. The minimum Gasteiger partial charge on any atom is -0.424 e. The first-order valence-corrected chi connectivity index (χ1v) is 8.60. The summed E-state index contributed by atoms with van der Waals surface area (Å²) in [6, 6.07) is 2.76. The van der Waals surface area contributed by atoms with E-state index < -0.39 is 16.1 Å². The molecule has 2 aromatic heterocycles. The molecule has 0 saturated heterocycles. The number of aromatic nitrogens is 2. The summed E-state index contributed by atoms with van der Waals surface area (Å²) in [7, 11) is -3.56. The third kappa shape index (κ3) is 3.65. The standard InChI is InChI=1S/C12H17N3O3S2/c1-8(2)7-10(12-14-13-9(3)18-12)15-20(16,17)11-5-4-6-19-11/h4-6,8,10,15H,7H2,1-3H3. The van der Waals surface area contributed by atoms with E-state index in [0.29, 0.717) is 24.1 Å². The molecule has 8 heteroatoms. The number of nitrogens with one attached hydrogen (secondary N) is 1. The van der Waals surface area contributed by atoms with Crippen LogP contribution in [0.25, 0.3) is 0 Å². The average Bonchev–Trinajstić information content (AvgIpc) is 2.97. The summed E-state index contributed by atoms with van der Waals surface area (Å²) in [4.78, 5) is 0. The highest BCUT2D eigenvalue weighted by atomic mass is 32.2. The lowest BCUT2D eigenvalue weighted by atomic mass is 10.0. The van der Waals surface area contributed by atoms with Crippen molar-refractivity contribution in [1.29, 1.82) is 0 Å². The quantitative estimate of drug-likeness (QED) is 0.885. The molecule has 1 atom stereocenters. The van der Waals surface area contributed by atoms with Gasteiger partial charge in [0.15, 0.2) is 0 Å². The van der Waals surface area contributed by atoms with Crippen molar-refractivity contribution in [1.82, 2.24) is 14.9 Å². The number of thiophene rings is 1. The monoisotopic (exact) mass is 315 g/mol. The number of sulfonamides is 1. The van der Waals surface area contributed by atoms with Crippen LogP contribution in [0.1, 0.15) is 38.1 Å². The molecule has 110 valence electrons. The molecule has 0 fully saturated rings. The Morgan fingerprint density at radius 3 is 2.65 bits per heavy atom. The van der Waals surface area contributed by atoms with E-state index in [2.05, 4.69) is 14.9 Å². The molecule has 0 saturated carbocycles. The lowest BCUT2D eigenvalue weighted by molar-refractivity contribution is 0.372. The Bertz CT molecular complexity index is 647. The summed E-state index contributed by atoms with van der Waals surface area (Å²) < 4.78 is 32.8. The molecule has 0 radical (unpaired) electrons. The first kappa shape index (κ1) is 15.1. The van der Waals surface area contributed by atoms with E-state index in [4.69, 9.17) is 4.42 Å². The van der Waals surface area contributed by atoms with Gasteiger partial charge < -0.3 is 4.42 Å². The van der Waals surface area contributed by atoms with Crippen LogP contribution in [0.3, 0.4) is 0 Å². The van der Waals surface area contributed by atoms with Gasteiger partial charge in [0.2, 0.25) is 11.8 Å². The zero-order valence-corrected chi connectivity index (χ0v) is 13.2. The number of nitrogens with zero attached hydrogens (tertiary/aromatic N) is 2. The van der Waals surface area contributed by atoms with Gasteiger partial charge in [0.25, 0.3) is 10.0 Å². The van der Waals surface area contributed by atoms with Crippen LogP contribution in [-0.4, -0.2) is 18.6 Å². The Kier molecular flexibility index (Phi) is 4.56. The molecule has 1 N–H and O–H groups in total. The van der Waals surface area contributed by atoms with Crippen molar-refractivity contribution < 1.29 is 12.8 Å². The Labute approximate surface area is 122 Å². The van der Waals surface area contributed by atoms with Crippen molar-refractivity contribution in [3.63, 3.8) is 0 Å². The fraction of sp³-hybridized carbons (Fsp3) is 0.500. The molecular formula is C12H17N3O3S2. The molecular weight excluding hydrogens is 298 g/mol. The first-order valence-electron chi connectivity index (χ1n) is 6.24. The van der Waals surface area contributed by atoms with E-state index in [1.54, 1.807) is 24.4 Å². The van der Waals surface area contributed by atoms with Crippen LogP contribution >= 0.6 is 11.3 Å². The van der Waals surface area contributed by atoms with E-state index >= 15 is 0 Å². The molecule has 0 spiro atoms. The molecule has 2 rings (SSSR count). The summed E-state index contributed by atoms with van der Waals surface area (Å²) in [5.41, 5.74) is 0. The van der Waals surface area contributed by atoms with Gasteiger partial charge in [0.1, 0.15) is 10.3 Å². The van der Waals surface area contributed by atoms with Gasteiger partial charge in [-0.1, -0.05) is 19.9 Å². The Balaban J connectivity index is 2.24. The smallest absolute Gasteiger partial charge is 0.250 e. The van der Waals surface area contributed by atoms with Crippen molar-refractivity contribution in [2.24, 2.45) is 5.92 Å². The van der Waals surface area contributed by atoms with Crippen LogP contribution in [0.15, 0.2) is 26.1 Å². The molecule has 0 aliphatic rings. The summed E-state index contributed by atoms with van der Waals surface area (Å²) in [6.07, 6.45) is 0.590. The van der Waals surface area contributed by atoms with Crippen LogP contribution < -0.4 is 4.72 Å². The van der Waals surface area contributed by atoms with Crippen molar-refractivity contribution in [3.05, 3.63) is 29.3 Å². The second kappa shape index (κ2) is 6.02. The van der Waals surface area contributed by atoms with Crippen molar-refractivity contribution >= 4 is 21.4 Å². The minimum absolute atomic E-state index is 0.280. The maximum absolute atomic E-state index is 12.3. The lowest BCUT2D eigenvalue weighted by Crippen LogP contribution is -2.29. The van der Waals surface area contributed by atoms with E-state index in [-0.39, 0.29) is 4.21 Å². The molecule has 0 aliphatic carbocycles. The zero-order valence-electron chi connectivity index (χ0n) is 11.5. The van der Waals surface area contributed by atoms with Crippen LogP contribution in [0, 0.1) is 12.8 Å². The minimum atomic E-state index is -3.56. The van der Waals surface area contributed by atoms with E-state index in [1.807, 2.05) is 13.8 Å². The second-order valence-electron chi connectivity index (χ2n) is 4.89. The summed E-state index contributed by atoms with van der Waals surface area (Å²) in [6.45, 7) is 5.70. The van der Waals surface area contributed by atoms with Gasteiger partial charge in [-0.15, -0.1) is 21.5 Å². The average molecular weight is 315 g/mol. The molecule has 0 aliphatic heterocycles. The third-order valence-corrected chi connectivity index (χ3v) is 5.47. The van der Waals surface area contributed by atoms with Crippen LogP contribution in [-0.2, 0) is 10.0 Å². The van der Waals surface area contributed by atoms with Gasteiger partial charge >= 0.3 is 0 Å². The highest BCUT2D eigenvalue weighted by Gasteiger charge is 2.26. The lowest BCUT2D eigenvalue weighted by Gasteiger charge is -2.16. The largest absolute Gasteiger partial charge is 0.424 e. The van der Waals surface area contributed by atoms with Crippen LogP contribution in [0.5, 0.6) is 0 Å². The predicted octanol–water partition coefficient (Wildman–Crippen LogP) is 2.51. The molecule has 0 bridgehead atoms. The van der Waals surface area contributed by atoms with Crippen LogP contribution in [0.2, 0.25) is 0 Å². The molecule has 1 unspecified atom stereocenters. The Morgan fingerprint density at radius 1 is 1.40 bits per heavy atom. The second-order valence-corrected chi connectivity index (χ2v) is 7.78. The molecule has 0 aromatic carbocycles. The first-order chi connectivity index (χ1) is 9.38. The van der Waals surface area contributed by atoms with Crippen molar-refractivity contribution in [2.45, 2.75) is 37.4 Å². The maximum atomic E-state index is 12.3. The normalized spacial score (nSPS) is 13.8. The van der Waals surface area contributed by atoms with E-state index in [0.717, 1.165) is 0 Å². The van der Waals surface area contributed by atoms with Gasteiger partial charge in [-0.25, -0.2) is 8.42 Å². The molecule has 2 heterocycles. The predicted molar refractivity (Wildman–Crippen MR) is 75.9 cm³/mol. The number of rotatable bonds is 6. The van der Waals surface area contributed by atoms with Gasteiger partial charge in [0, 0.05) is 6.92 Å². The number of aryl methyl sites for hydroxylation is 1. The van der Waals surface area contributed by atoms with Gasteiger partial charge in [-0.2, -0.15) is 4.72 Å². The highest BCUT2D eigenvalue weighted by Crippen LogP contribution is 2.24. The fourth-order valence-corrected chi connectivity index (χ4v) is 4.00. The van der Waals surface area contributed by atoms with Gasteiger partial charge in [-0.05, 0) is 23.8 Å². The number of hydrogen-bond acceptors (Lipinski definition) is 6. The van der Waals surface area contributed by atoms with Crippen molar-refractivity contribution in [3.8, 4) is 0 Å². The maximum Gasteiger partial charge on any atom is 0.250 e. The van der Waals surface area contributed by atoms with Gasteiger partial charge in [-0.3, -0.25) is 0 Å². The molecule has 2 aromatic rings. The summed E-state index contributed by atoms with van der Waals surface area (Å²) >= 11 is 1.17. The Hall–Kier alpha value is -1.25. The molecule has 0 amide bonds. The summed E-state index contributed by atoms with van der Waals surface area (Å²) in [5.74, 6) is 1.01. The van der Waals surface area contributed by atoms with E-state index in [9.17, 15) is 8.42 Å². The topological polar surface area (TPSA) is 85.1 Å². The van der Waals surface area contributed by atoms with Gasteiger partial charge in [0.05, 0.1) is 0 Å². The van der Waals surface area contributed by atoms with E-state index in [1.165, 1.54) is 11.3 Å². The molecule has 20 heavy (non-hydrogen) atoms. The fourth-order valence-electron chi connectivity index (χ4n) is 1.79. The number of hydrogen-bond donors (Lipinski definition) is 1. The highest BCUT2D eigenvalue weighted by molar-refractivity contribution is 7.91. The van der Waals surface area contributed by atoms with Crippen molar-refractivity contribution in [2.75, 3.05) is 0 Å². The zero-order chi connectivity index (χ0) is 14.8.